The highest BCUT2D eigenvalue weighted by Crippen LogP contribution is 2.42. The minimum atomic E-state index is -5.10. The molecule has 4 heterocycles. The smallest absolute Gasteiger partial charge is 0.416 e. The number of benzene rings is 2. The lowest BCUT2D eigenvalue weighted by Gasteiger charge is -2.36. The van der Waals surface area contributed by atoms with Crippen molar-refractivity contribution < 1.29 is 54.5 Å². The number of cyclic esters (lactones) is 1. The number of nitrogens with zero attached hydrogens (tertiary/aromatic N) is 4. The maximum atomic E-state index is 13.9. The van der Waals surface area contributed by atoms with E-state index >= 15 is 0 Å². The number of carbonyl (C=O) groups excluding carboxylic acids is 2. The van der Waals surface area contributed by atoms with Crippen LogP contribution in [0.25, 0.3) is 22.3 Å². The van der Waals surface area contributed by atoms with E-state index in [0.717, 1.165) is 16.0 Å². The van der Waals surface area contributed by atoms with E-state index in [1.807, 2.05) is 6.92 Å². The van der Waals surface area contributed by atoms with E-state index in [4.69, 9.17) is 19.2 Å². The number of halogens is 7. The highest BCUT2D eigenvalue weighted by atomic mass is 19.4. The summed E-state index contributed by atoms with van der Waals surface area (Å²) in [5.74, 6) is 0.0706. The second-order valence-corrected chi connectivity index (χ2v) is 14.5. The molecule has 9 nitrogen and oxygen atoms in total. The van der Waals surface area contributed by atoms with E-state index in [-0.39, 0.29) is 37.3 Å². The number of rotatable bonds is 8. The van der Waals surface area contributed by atoms with Crippen LogP contribution in [0.15, 0.2) is 60.8 Å². The number of aryl methyl sites for hydroxylation is 1. The van der Waals surface area contributed by atoms with Crippen molar-refractivity contribution in [2.45, 2.75) is 77.4 Å². The predicted molar refractivity (Wildman–Crippen MR) is 187 cm³/mol. The second kappa shape index (κ2) is 14.3. The summed E-state index contributed by atoms with van der Waals surface area (Å²) in [6.07, 6.45) is -12.2. The van der Waals surface area contributed by atoms with Gasteiger partial charge in [-0.15, -0.1) is 0 Å². The van der Waals surface area contributed by atoms with Crippen LogP contribution in [0, 0.1) is 6.92 Å². The van der Waals surface area contributed by atoms with Gasteiger partial charge in [-0.3, -0.25) is 4.90 Å². The molecule has 16 heteroatoms. The average Bonchev–Trinajstić information content (AvgIpc) is 3.36. The van der Waals surface area contributed by atoms with Crippen molar-refractivity contribution in [3.8, 4) is 28.1 Å². The quantitative estimate of drug-likeness (QED) is 0.129. The van der Waals surface area contributed by atoms with Crippen molar-refractivity contribution >= 4 is 17.9 Å². The minimum absolute atomic E-state index is 0.00851. The van der Waals surface area contributed by atoms with Gasteiger partial charge in [-0.25, -0.2) is 23.9 Å². The summed E-state index contributed by atoms with van der Waals surface area (Å²) in [4.78, 5) is 38.2. The van der Waals surface area contributed by atoms with E-state index in [1.54, 1.807) is 68.3 Å². The molecule has 0 aliphatic carbocycles. The molecule has 2 aromatic carbocycles. The van der Waals surface area contributed by atoms with Crippen LogP contribution in [0.4, 0.5) is 41.3 Å². The maximum absolute atomic E-state index is 13.9. The maximum Gasteiger partial charge on any atom is 0.416 e. The third-order valence-electron chi connectivity index (χ3n) is 9.28. The van der Waals surface area contributed by atoms with Crippen LogP contribution < -0.4 is 9.64 Å². The topological polar surface area (TPSA) is 94.1 Å². The zero-order valence-electron chi connectivity index (χ0n) is 30.6. The molecular weight excluding hydrogens is 737 g/mol. The zero-order valence-corrected chi connectivity index (χ0v) is 30.6. The van der Waals surface area contributed by atoms with Crippen molar-refractivity contribution in [3.63, 3.8) is 0 Å². The number of amides is 1. The van der Waals surface area contributed by atoms with E-state index in [0.29, 0.717) is 40.2 Å². The standard InChI is InChI=1S/C39H37F7N4O5/c1-20-11-22(35(51)55-37(3,4)5)7-8-28(20)24-14-30(34(53-6)47-16-24)29-9-10-32(49-17-27(40)18-49)48-31(29)19-50-21(2)33(54-36(50)52)23-12-25(38(41,42)43)15-26(13-23)39(44,45)46/h7-16,21,27,33H,17-19H2,1-6H3. The second-order valence-electron chi connectivity index (χ2n) is 14.5. The Morgan fingerprint density at radius 3 is 2.11 bits per heavy atom. The first kappa shape index (κ1) is 39.3. The Morgan fingerprint density at radius 2 is 1.55 bits per heavy atom. The molecule has 2 aliphatic rings. The Hall–Kier alpha value is -5.41. The van der Waals surface area contributed by atoms with Gasteiger partial charge >= 0.3 is 24.4 Å². The molecule has 0 bridgehead atoms. The molecule has 2 fully saturated rings. The summed E-state index contributed by atoms with van der Waals surface area (Å²) in [6, 6.07) is 10.2. The Labute approximate surface area is 312 Å². The Morgan fingerprint density at radius 1 is 0.909 bits per heavy atom. The van der Waals surface area contributed by atoms with Crippen LogP contribution in [-0.4, -0.2) is 64.9 Å². The largest absolute Gasteiger partial charge is 0.481 e. The molecular formula is C39H37F7N4O5. The van der Waals surface area contributed by atoms with Crippen molar-refractivity contribution in [1.82, 2.24) is 14.9 Å². The van der Waals surface area contributed by atoms with Crippen molar-refractivity contribution in [2.24, 2.45) is 0 Å². The molecule has 4 aromatic rings. The van der Waals surface area contributed by atoms with Crippen molar-refractivity contribution in [2.75, 3.05) is 25.1 Å². The molecule has 2 unspecified atom stereocenters. The first-order chi connectivity index (χ1) is 25.6. The van der Waals surface area contributed by atoms with Gasteiger partial charge in [0.2, 0.25) is 5.88 Å². The van der Waals surface area contributed by atoms with Crippen LogP contribution in [0.3, 0.4) is 0 Å². The lowest BCUT2D eigenvalue weighted by atomic mass is 9.95. The number of hydrogen-bond donors (Lipinski definition) is 0. The third kappa shape index (κ3) is 8.32. The monoisotopic (exact) mass is 774 g/mol. The van der Waals surface area contributed by atoms with Gasteiger partial charge in [0.1, 0.15) is 23.7 Å². The number of hydrogen-bond acceptors (Lipinski definition) is 8. The van der Waals surface area contributed by atoms with E-state index in [9.17, 15) is 40.3 Å². The van der Waals surface area contributed by atoms with Gasteiger partial charge in [0.15, 0.2) is 0 Å². The number of aromatic nitrogens is 2. The SMILES string of the molecule is COc1ncc(-c2ccc(C(=O)OC(C)(C)C)cc2C)cc1-c1ccc(N2CC(F)C2)nc1CN1C(=O)OC(c2cc(C(F)(F)F)cc(C(F)(F)F)c2)C1C. The lowest BCUT2D eigenvalue weighted by Crippen LogP contribution is -2.49. The molecule has 2 atom stereocenters. The first-order valence-electron chi connectivity index (χ1n) is 17.2. The first-order valence-corrected chi connectivity index (χ1v) is 17.2. The van der Waals surface area contributed by atoms with Crippen LogP contribution in [0.2, 0.25) is 0 Å². The van der Waals surface area contributed by atoms with Gasteiger partial charge < -0.3 is 19.1 Å². The predicted octanol–water partition coefficient (Wildman–Crippen LogP) is 9.36. The van der Waals surface area contributed by atoms with Gasteiger partial charge in [0.05, 0.1) is 55.2 Å². The summed E-state index contributed by atoms with van der Waals surface area (Å²) in [5.41, 5.74) is -0.698. The van der Waals surface area contributed by atoms with Gasteiger partial charge in [-0.2, -0.15) is 26.3 Å². The number of ether oxygens (including phenoxy) is 3. The van der Waals surface area contributed by atoms with Crippen molar-refractivity contribution in [1.29, 1.82) is 0 Å². The van der Waals surface area contributed by atoms with E-state index in [1.165, 1.54) is 14.0 Å². The molecule has 292 valence electrons. The Balaban J connectivity index is 1.39. The van der Waals surface area contributed by atoms with Gasteiger partial charge in [0, 0.05) is 22.9 Å². The van der Waals surface area contributed by atoms with Crippen LogP contribution in [0.5, 0.6) is 5.88 Å². The van der Waals surface area contributed by atoms with Gasteiger partial charge in [0.25, 0.3) is 0 Å². The molecule has 2 aliphatic heterocycles. The van der Waals surface area contributed by atoms with E-state index < -0.39 is 65.0 Å². The number of anilines is 1. The van der Waals surface area contributed by atoms with Crippen LogP contribution in [0.1, 0.15) is 72.1 Å². The number of esters is 1. The van der Waals surface area contributed by atoms with Crippen LogP contribution >= 0.6 is 0 Å². The minimum Gasteiger partial charge on any atom is -0.481 e. The Kier molecular flexibility index (Phi) is 10.2. The normalized spacial score (nSPS) is 17.9. The molecule has 6 rings (SSSR count). The Bertz CT molecular complexity index is 2090. The molecule has 0 radical (unpaired) electrons. The summed E-state index contributed by atoms with van der Waals surface area (Å²) in [6.45, 7) is 8.42. The van der Waals surface area contributed by atoms with E-state index in [2.05, 4.69) is 4.98 Å². The van der Waals surface area contributed by atoms with Crippen LogP contribution in [-0.2, 0) is 28.4 Å². The summed E-state index contributed by atoms with van der Waals surface area (Å²) in [5, 5.41) is 0. The number of pyridine rings is 2. The summed E-state index contributed by atoms with van der Waals surface area (Å²) < 4.78 is 113. The fraction of sp³-hybridized carbons (Fsp3) is 0.385. The fourth-order valence-electron chi connectivity index (χ4n) is 6.51. The van der Waals surface area contributed by atoms with Gasteiger partial charge in [-0.1, -0.05) is 6.07 Å². The van der Waals surface area contributed by atoms with Crippen molar-refractivity contribution in [3.05, 3.63) is 94.3 Å². The summed E-state index contributed by atoms with van der Waals surface area (Å²) >= 11 is 0. The molecule has 1 amide bonds. The highest BCUT2D eigenvalue weighted by Gasteiger charge is 2.44. The number of methoxy groups -OCH3 is 1. The lowest BCUT2D eigenvalue weighted by molar-refractivity contribution is -0.143. The molecule has 0 spiro atoms. The average molecular weight is 775 g/mol. The molecule has 55 heavy (non-hydrogen) atoms. The zero-order chi connectivity index (χ0) is 40.2. The summed E-state index contributed by atoms with van der Waals surface area (Å²) in [7, 11) is 1.41. The third-order valence-corrected chi connectivity index (χ3v) is 9.28. The molecule has 0 N–H and O–H groups in total. The fourth-order valence-corrected chi connectivity index (χ4v) is 6.51. The highest BCUT2D eigenvalue weighted by molar-refractivity contribution is 5.91. The molecule has 2 saturated heterocycles. The number of alkyl halides is 7. The number of carbonyl (C=O) groups is 2. The van der Waals surface area contributed by atoms with Gasteiger partial charge in [-0.05, 0) is 99.8 Å². The molecule has 2 aromatic heterocycles. The molecule has 0 saturated carbocycles.